The highest BCUT2D eigenvalue weighted by Gasteiger charge is 2.20. The average Bonchev–Trinajstić information content (AvgIpc) is 3.50. The molecule has 0 aliphatic heterocycles. The van der Waals surface area contributed by atoms with E-state index in [4.69, 9.17) is 9.40 Å². The summed E-state index contributed by atoms with van der Waals surface area (Å²) in [4.78, 5) is 5.22. The van der Waals surface area contributed by atoms with Gasteiger partial charge in [-0.3, -0.25) is 4.40 Å². The topological polar surface area (TPSA) is 30.4 Å². The minimum absolute atomic E-state index is 0.908. The van der Waals surface area contributed by atoms with Gasteiger partial charge in [0.15, 0.2) is 0 Å². The maximum atomic E-state index is 6.37. The van der Waals surface area contributed by atoms with Crippen LogP contribution in [0, 0.1) is 0 Å². The molecule has 3 nitrogen and oxygen atoms in total. The Hall–Kier alpha value is -4.89. The zero-order valence-corrected chi connectivity index (χ0v) is 19.2. The van der Waals surface area contributed by atoms with Crippen LogP contribution in [0.4, 0.5) is 0 Å². The molecule has 0 radical (unpaired) electrons. The third-order valence-corrected chi connectivity index (χ3v) is 7.72. The summed E-state index contributed by atoms with van der Waals surface area (Å²) in [5.74, 6) is 0. The first-order chi connectivity index (χ1) is 17.9. The normalized spacial score (nSPS) is 12.4. The summed E-state index contributed by atoms with van der Waals surface area (Å²) in [5.41, 5.74) is 6.07. The molecule has 9 aromatic rings. The third kappa shape index (κ3) is 2.16. The van der Waals surface area contributed by atoms with E-state index in [0.29, 0.717) is 0 Å². The molecule has 0 fully saturated rings. The average molecular weight is 459 g/mol. The standard InChI is InChI=1S/C33H18N2O/c1-3-12-22-19(9-1)20-10-2-4-13-23(20)32-31(22)25-18-30-24(21-11-5-8-16-29(21)36-30)17-28(25)35-27-15-7-6-14-26(27)34-33(32)35/h1-18H. The molecule has 3 heterocycles. The summed E-state index contributed by atoms with van der Waals surface area (Å²) in [6.45, 7) is 0. The van der Waals surface area contributed by atoms with Crippen LogP contribution in [0.25, 0.3) is 81.8 Å². The van der Waals surface area contributed by atoms with Crippen molar-refractivity contribution in [1.82, 2.24) is 9.38 Å². The highest BCUT2D eigenvalue weighted by Crippen LogP contribution is 2.43. The van der Waals surface area contributed by atoms with Crippen molar-refractivity contribution in [3.63, 3.8) is 0 Å². The van der Waals surface area contributed by atoms with Crippen LogP contribution >= 0.6 is 0 Å². The van der Waals surface area contributed by atoms with E-state index in [-0.39, 0.29) is 0 Å². The molecule has 0 unspecified atom stereocenters. The molecule has 0 aliphatic carbocycles. The van der Waals surface area contributed by atoms with Crippen LogP contribution in [0.5, 0.6) is 0 Å². The molecule has 6 aromatic carbocycles. The van der Waals surface area contributed by atoms with Gasteiger partial charge in [0.1, 0.15) is 16.8 Å². The lowest BCUT2D eigenvalue weighted by Crippen LogP contribution is -1.94. The minimum atomic E-state index is 0.908. The Labute approximate surface area is 204 Å². The van der Waals surface area contributed by atoms with E-state index < -0.39 is 0 Å². The Morgan fingerprint density at radius 3 is 1.92 bits per heavy atom. The van der Waals surface area contributed by atoms with Gasteiger partial charge in [0, 0.05) is 26.9 Å². The number of benzene rings is 6. The van der Waals surface area contributed by atoms with Crippen LogP contribution in [0.1, 0.15) is 0 Å². The molecule has 0 spiro atoms. The molecule has 0 saturated heterocycles. The van der Waals surface area contributed by atoms with Crippen molar-refractivity contribution in [1.29, 1.82) is 0 Å². The predicted octanol–water partition coefficient (Wildman–Crippen LogP) is 9.00. The van der Waals surface area contributed by atoms with E-state index >= 15 is 0 Å². The number of nitrogens with zero attached hydrogens (tertiary/aromatic N) is 2. The number of fused-ring (bicyclic) bond motifs is 16. The van der Waals surface area contributed by atoms with Crippen LogP contribution in [0.3, 0.4) is 0 Å². The lowest BCUT2D eigenvalue weighted by atomic mass is 9.92. The van der Waals surface area contributed by atoms with E-state index in [1.165, 1.54) is 37.7 Å². The molecule has 3 heteroatoms. The van der Waals surface area contributed by atoms with Gasteiger partial charge >= 0.3 is 0 Å². The first kappa shape index (κ1) is 18.4. The maximum absolute atomic E-state index is 6.37. The van der Waals surface area contributed by atoms with Gasteiger partial charge in [-0.1, -0.05) is 78.9 Å². The smallest absolute Gasteiger partial charge is 0.147 e. The zero-order chi connectivity index (χ0) is 23.4. The second kappa shape index (κ2) is 6.41. The largest absolute Gasteiger partial charge is 0.456 e. The predicted molar refractivity (Wildman–Crippen MR) is 150 cm³/mol. The molecule has 36 heavy (non-hydrogen) atoms. The number of furan rings is 1. The van der Waals surface area contributed by atoms with Crippen LogP contribution in [0.15, 0.2) is 114 Å². The van der Waals surface area contributed by atoms with Gasteiger partial charge in [-0.15, -0.1) is 0 Å². The van der Waals surface area contributed by atoms with Gasteiger partial charge in [0.25, 0.3) is 0 Å². The van der Waals surface area contributed by atoms with E-state index in [1.54, 1.807) is 0 Å². The fourth-order valence-corrected chi connectivity index (χ4v) is 6.24. The summed E-state index contributed by atoms with van der Waals surface area (Å²) < 4.78 is 8.71. The van der Waals surface area contributed by atoms with Crippen molar-refractivity contribution in [3.05, 3.63) is 109 Å². The molecular formula is C33H18N2O. The lowest BCUT2D eigenvalue weighted by molar-refractivity contribution is 0.669. The molecule has 3 aromatic heterocycles. The van der Waals surface area contributed by atoms with Crippen LogP contribution in [0.2, 0.25) is 0 Å². The molecule has 0 bridgehead atoms. The summed E-state index contributed by atoms with van der Waals surface area (Å²) in [6.07, 6.45) is 0. The van der Waals surface area contributed by atoms with Crippen LogP contribution in [-0.2, 0) is 0 Å². The summed E-state index contributed by atoms with van der Waals surface area (Å²) in [5, 5.41) is 10.8. The SMILES string of the molecule is c1ccc2c(c1)nc1c3c4ccccc4c4ccccc4c3c3cc4oc5ccccc5c4cc3n21. The van der Waals surface area contributed by atoms with Gasteiger partial charge in [0.2, 0.25) is 0 Å². The fourth-order valence-electron chi connectivity index (χ4n) is 6.24. The van der Waals surface area contributed by atoms with Gasteiger partial charge in [-0.05, 0) is 51.9 Å². The molecular weight excluding hydrogens is 440 g/mol. The summed E-state index contributed by atoms with van der Waals surface area (Å²) >= 11 is 0. The number of rotatable bonds is 0. The second-order valence-electron chi connectivity index (χ2n) is 9.56. The Balaban J connectivity index is 1.70. The Morgan fingerprint density at radius 1 is 0.472 bits per heavy atom. The maximum Gasteiger partial charge on any atom is 0.147 e. The van der Waals surface area contributed by atoms with Gasteiger partial charge in [-0.2, -0.15) is 0 Å². The first-order valence-electron chi connectivity index (χ1n) is 12.2. The van der Waals surface area contributed by atoms with Crippen molar-refractivity contribution in [2.24, 2.45) is 0 Å². The van der Waals surface area contributed by atoms with E-state index in [0.717, 1.165) is 44.1 Å². The number of aromatic nitrogens is 2. The number of imidazole rings is 1. The monoisotopic (exact) mass is 458 g/mol. The molecule has 0 saturated carbocycles. The summed E-state index contributed by atoms with van der Waals surface area (Å²) in [6, 6.07) is 38.7. The number of hydrogen-bond donors (Lipinski definition) is 0. The minimum Gasteiger partial charge on any atom is -0.456 e. The van der Waals surface area contributed by atoms with Crippen molar-refractivity contribution in [2.75, 3.05) is 0 Å². The lowest BCUT2D eigenvalue weighted by Gasteiger charge is -2.15. The van der Waals surface area contributed by atoms with Crippen molar-refractivity contribution in [2.45, 2.75) is 0 Å². The van der Waals surface area contributed by atoms with E-state index in [2.05, 4.69) is 101 Å². The van der Waals surface area contributed by atoms with Crippen molar-refractivity contribution < 1.29 is 4.42 Å². The highest BCUT2D eigenvalue weighted by atomic mass is 16.3. The van der Waals surface area contributed by atoms with E-state index in [1.807, 2.05) is 12.1 Å². The Morgan fingerprint density at radius 2 is 1.11 bits per heavy atom. The number of hydrogen-bond acceptors (Lipinski definition) is 2. The second-order valence-corrected chi connectivity index (χ2v) is 9.56. The zero-order valence-electron chi connectivity index (χ0n) is 19.2. The van der Waals surface area contributed by atoms with Crippen LogP contribution < -0.4 is 0 Å². The Bertz CT molecular complexity index is 2370. The van der Waals surface area contributed by atoms with Gasteiger partial charge in [0.05, 0.1) is 16.6 Å². The van der Waals surface area contributed by atoms with E-state index in [9.17, 15) is 0 Å². The first-order valence-corrected chi connectivity index (χ1v) is 12.2. The molecule has 9 rings (SSSR count). The van der Waals surface area contributed by atoms with Crippen molar-refractivity contribution in [3.8, 4) is 0 Å². The van der Waals surface area contributed by atoms with Crippen LogP contribution in [-0.4, -0.2) is 9.38 Å². The number of para-hydroxylation sites is 3. The molecule has 166 valence electrons. The molecule has 0 aliphatic rings. The summed E-state index contributed by atoms with van der Waals surface area (Å²) in [7, 11) is 0. The fraction of sp³-hybridized carbons (Fsp3) is 0. The number of pyridine rings is 1. The van der Waals surface area contributed by atoms with Gasteiger partial charge < -0.3 is 4.42 Å². The molecule has 0 amide bonds. The van der Waals surface area contributed by atoms with Crippen molar-refractivity contribution >= 4 is 81.8 Å². The molecule has 0 N–H and O–H groups in total. The third-order valence-electron chi connectivity index (χ3n) is 7.72. The Kier molecular flexibility index (Phi) is 3.28. The van der Waals surface area contributed by atoms with Gasteiger partial charge in [-0.25, -0.2) is 4.98 Å². The molecule has 0 atom stereocenters. The quantitative estimate of drug-likeness (QED) is 0.212. The highest BCUT2D eigenvalue weighted by molar-refractivity contribution is 6.35.